The van der Waals surface area contributed by atoms with E-state index in [2.05, 4.69) is 48.5 Å². The highest BCUT2D eigenvalue weighted by molar-refractivity contribution is 5.30. The Hall–Kier alpha value is -0.860. The van der Waals surface area contributed by atoms with Crippen LogP contribution in [0.4, 0.5) is 0 Å². The van der Waals surface area contributed by atoms with E-state index in [4.69, 9.17) is 0 Å². The van der Waals surface area contributed by atoms with Crippen molar-refractivity contribution in [2.75, 3.05) is 20.1 Å². The van der Waals surface area contributed by atoms with E-state index >= 15 is 0 Å². The van der Waals surface area contributed by atoms with Crippen LogP contribution in [-0.2, 0) is 0 Å². The number of likely N-dealkylation sites (N-methyl/N-ethyl adjacent to an activating group) is 1. The molecule has 0 amide bonds. The van der Waals surface area contributed by atoms with Gasteiger partial charge in [-0.15, -0.1) is 0 Å². The second kappa shape index (κ2) is 4.11. The van der Waals surface area contributed by atoms with Gasteiger partial charge in [-0.25, -0.2) is 0 Å². The summed E-state index contributed by atoms with van der Waals surface area (Å²) in [4.78, 5) is 2.63. The summed E-state index contributed by atoms with van der Waals surface area (Å²) in [5, 5.41) is 3.57. The highest BCUT2D eigenvalue weighted by Gasteiger charge is 2.51. The van der Waals surface area contributed by atoms with Gasteiger partial charge < -0.3 is 5.32 Å². The molecule has 2 fully saturated rings. The zero-order chi connectivity index (χ0) is 11.9. The molecule has 3 rings (SSSR count). The molecule has 2 heteroatoms. The molecule has 1 aromatic rings. The van der Waals surface area contributed by atoms with Crippen LogP contribution < -0.4 is 5.32 Å². The Balaban J connectivity index is 1.90. The Kier molecular flexibility index (Phi) is 2.72. The average Bonchev–Trinajstić information content (AvgIpc) is 3.05. The molecule has 1 unspecified atom stereocenters. The second-order valence-corrected chi connectivity index (χ2v) is 5.61. The Morgan fingerprint density at radius 2 is 1.82 bits per heavy atom. The summed E-state index contributed by atoms with van der Waals surface area (Å²) in [5.74, 6) is 0. The van der Waals surface area contributed by atoms with Crippen molar-refractivity contribution in [2.24, 2.45) is 0 Å². The quantitative estimate of drug-likeness (QED) is 0.855. The molecule has 2 aliphatic rings. The second-order valence-electron chi connectivity index (χ2n) is 5.61. The fraction of sp³-hybridized carbons (Fsp3) is 0.600. The van der Waals surface area contributed by atoms with Crippen LogP contribution in [0.3, 0.4) is 0 Å². The molecule has 0 bridgehead atoms. The third kappa shape index (κ3) is 1.90. The molecule has 92 valence electrons. The van der Waals surface area contributed by atoms with Crippen LogP contribution in [0.1, 0.15) is 36.4 Å². The van der Waals surface area contributed by atoms with Gasteiger partial charge in [-0.2, -0.15) is 0 Å². The Morgan fingerprint density at radius 1 is 1.18 bits per heavy atom. The lowest BCUT2D eigenvalue weighted by Gasteiger charge is -2.43. The third-order valence-electron chi connectivity index (χ3n) is 4.46. The van der Waals surface area contributed by atoms with E-state index in [0.717, 1.165) is 0 Å². The first kappa shape index (κ1) is 11.2. The molecule has 1 aliphatic heterocycles. The van der Waals surface area contributed by atoms with Crippen molar-refractivity contribution < 1.29 is 0 Å². The lowest BCUT2D eigenvalue weighted by atomic mass is 9.92. The van der Waals surface area contributed by atoms with Crippen molar-refractivity contribution in [1.82, 2.24) is 10.2 Å². The monoisotopic (exact) mass is 230 g/mol. The predicted octanol–water partition coefficient (Wildman–Crippen LogP) is 2.49. The Labute approximate surface area is 104 Å². The van der Waals surface area contributed by atoms with E-state index in [1.54, 1.807) is 0 Å². The maximum Gasteiger partial charge on any atom is 0.0530 e. The maximum absolute atomic E-state index is 3.57. The number of nitrogens with one attached hydrogen (secondary N) is 1. The minimum Gasteiger partial charge on any atom is -0.313 e. The minimum atomic E-state index is 0.357. The summed E-state index contributed by atoms with van der Waals surface area (Å²) in [5.41, 5.74) is 3.20. The zero-order valence-corrected chi connectivity index (χ0v) is 10.9. The van der Waals surface area contributed by atoms with E-state index in [1.165, 1.54) is 43.5 Å². The van der Waals surface area contributed by atoms with Crippen LogP contribution in [0, 0.1) is 6.92 Å². The topological polar surface area (TPSA) is 15.3 Å². The van der Waals surface area contributed by atoms with Gasteiger partial charge in [0, 0.05) is 18.6 Å². The molecule has 1 heterocycles. The first-order chi connectivity index (χ1) is 8.25. The minimum absolute atomic E-state index is 0.357. The Morgan fingerprint density at radius 3 is 2.24 bits per heavy atom. The Bertz CT molecular complexity index is 388. The van der Waals surface area contributed by atoms with Gasteiger partial charge in [0.15, 0.2) is 0 Å². The van der Waals surface area contributed by atoms with E-state index in [1.807, 2.05) is 0 Å². The standard InChI is InChI=1S/C15H22N2/c1-12-4-6-13(7-5-12)14(17-10-3-11-17)15(16-2)8-9-15/h4-7,14,16H,3,8-11H2,1-2H3. The van der Waals surface area contributed by atoms with E-state index in [9.17, 15) is 0 Å². The molecule has 1 saturated heterocycles. The number of rotatable bonds is 4. The number of likely N-dealkylation sites (tertiary alicyclic amines) is 1. The van der Waals surface area contributed by atoms with Crippen molar-refractivity contribution in [2.45, 2.75) is 37.8 Å². The molecule has 1 atom stereocenters. The number of hydrogen-bond donors (Lipinski definition) is 1. The summed E-state index contributed by atoms with van der Waals surface area (Å²) in [6, 6.07) is 9.70. The summed E-state index contributed by atoms with van der Waals surface area (Å²) >= 11 is 0. The maximum atomic E-state index is 3.57. The molecule has 0 aromatic heterocycles. The summed E-state index contributed by atoms with van der Waals surface area (Å²) in [6.45, 7) is 4.69. The van der Waals surface area contributed by atoms with Gasteiger partial charge in [0.05, 0.1) is 6.04 Å². The fourth-order valence-electron chi connectivity index (χ4n) is 3.02. The lowest BCUT2D eigenvalue weighted by molar-refractivity contribution is 0.0840. The van der Waals surface area contributed by atoms with Gasteiger partial charge >= 0.3 is 0 Å². The number of aryl methyl sites for hydroxylation is 1. The van der Waals surface area contributed by atoms with Crippen molar-refractivity contribution in [3.63, 3.8) is 0 Å². The molecule has 2 nitrogen and oxygen atoms in total. The van der Waals surface area contributed by atoms with Crippen molar-refractivity contribution in [3.05, 3.63) is 35.4 Å². The van der Waals surface area contributed by atoms with Crippen LogP contribution >= 0.6 is 0 Å². The van der Waals surface area contributed by atoms with Crippen LogP contribution in [0.5, 0.6) is 0 Å². The first-order valence-corrected chi connectivity index (χ1v) is 6.75. The van der Waals surface area contributed by atoms with Gasteiger partial charge in [0.2, 0.25) is 0 Å². The van der Waals surface area contributed by atoms with Gasteiger partial charge in [-0.05, 0) is 38.8 Å². The summed E-state index contributed by atoms with van der Waals surface area (Å²) in [7, 11) is 2.12. The smallest absolute Gasteiger partial charge is 0.0530 e. The molecular weight excluding hydrogens is 208 g/mol. The number of hydrogen-bond acceptors (Lipinski definition) is 2. The van der Waals surface area contributed by atoms with Crippen LogP contribution in [0.2, 0.25) is 0 Å². The van der Waals surface area contributed by atoms with Crippen molar-refractivity contribution in [1.29, 1.82) is 0 Å². The average molecular weight is 230 g/mol. The van der Waals surface area contributed by atoms with Crippen molar-refractivity contribution >= 4 is 0 Å². The van der Waals surface area contributed by atoms with Crippen LogP contribution in [-0.4, -0.2) is 30.6 Å². The molecular formula is C15H22N2. The van der Waals surface area contributed by atoms with Crippen molar-refractivity contribution in [3.8, 4) is 0 Å². The van der Waals surface area contributed by atoms with Gasteiger partial charge in [0.25, 0.3) is 0 Å². The normalized spacial score (nSPS) is 24.1. The largest absolute Gasteiger partial charge is 0.313 e. The lowest BCUT2D eigenvalue weighted by Crippen LogP contribution is -2.50. The molecule has 1 aliphatic carbocycles. The van der Waals surface area contributed by atoms with Crippen LogP contribution in [0.25, 0.3) is 0 Å². The van der Waals surface area contributed by atoms with Crippen LogP contribution in [0.15, 0.2) is 24.3 Å². The van der Waals surface area contributed by atoms with E-state index in [-0.39, 0.29) is 0 Å². The fourth-order valence-corrected chi connectivity index (χ4v) is 3.02. The van der Waals surface area contributed by atoms with Gasteiger partial charge in [-0.3, -0.25) is 4.90 Å². The number of benzene rings is 1. The highest BCUT2D eigenvalue weighted by atomic mass is 15.3. The molecule has 17 heavy (non-hydrogen) atoms. The van der Waals surface area contributed by atoms with E-state index in [0.29, 0.717) is 11.6 Å². The summed E-state index contributed by atoms with van der Waals surface area (Å²) < 4.78 is 0. The first-order valence-electron chi connectivity index (χ1n) is 6.75. The SMILES string of the molecule is CNC1(C(c2ccc(C)cc2)N2CCC2)CC1. The van der Waals surface area contributed by atoms with E-state index < -0.39 is 0 Å². The third-order valence-corrected chi connectivity index (χ3v) is 4.46. The molecule has 1 N–H and O–H groups in total. The van der Waals surface area contributed by atoms with Gasteiger partial charge in [-0.1, -0.05) is 29.8 Å². The predicted molar refractivity (Wildman–Crippen MR) is 71.1 cm³/mol. The summed E-state index contributed by atoms with van der Waals surface area (Å²) in [6.07, 6.45) is 4.00. The highest BCUT2D eigenvalue weighted by Crippen LogP contribution is 2.49. The van der Waals surface area contributed by atoms with Gasteiger partial charge in [0.1, 0.15) is 0 Å². The zero-order valence-electron chi connectivity index (χ0n) is 10.9. The molecule has 1 saturated carbocycles. The number of nitrogens with zero attached hydrogens (tertiary/aromatic N) is 1. The molecule has 1 aromatic carbocycles. The molecule has 0 spiro atoms. The molecule has 0 radical (unpaired) electrons.